The average Bonchev–Trinajstić information content (AvgIpc) is 2.74. The molecule has 0 atom stereocenters. The standard InChI is InChI=1S/C24H28N4O3/c1-4-27-23(30)21(20(29)16-26(3)14-19-12-10-17(2)11-13-19)22(25)28(24(27)31)15-18-8-6-5-7-9-18/h5-13H,4,14-16,25H2,1-3H3. The van der Waals surface area contributed by atoms with E-state index in [0.29, 0.717) is 6.54 Å². The Morgan fingerprint density at radius 2 is 1.61 bits per heavy atom. The Kier molecular flexibility index (Phi) is 6.87. The maximum absolute atomic E-state index is 13.1. The number of hydrogen-bond acceptors (Lipinski definition) is 5. The molecule has 0 spiro atoms. The largest absolute Gasteiger partial charge is 0.384 e. The van der Waals surface area contributed by atoms with E-state index in [1.165, 1.54) is 4.57 Å². The van der Waals surface area contributed by atoms with Crippen molar-refractivity contribution in [3.8, 4) is 0 Å². The van der Waals surface area contributed by atoms with Crippen molar-refractivity contribution in [2.75, 3.05) is 19.3 Å². The first-order valence-corrected chi connectivity index (χ1v) is 10.3. The second-order valence-electron chi connectivity index (χ2n) is 7.75. The maximum atomic E-state index is 13.1. The number of nitrogen functional groups attached to an aromatic ring is 1. The van der Waals surface area contributed by atoms with Gasteiger partial charge >= 0.3 is 5.69 Å². The highest BCUT2D eigenvalue weighted by atomic mass is 16.2. The van der Waals surface area contributed by atoms with Crippen LogP contribution in [0.2, 0.25) is 0 Å². The van der Waals surface area contributed by atoms with E-state index in [-0.39, 0.29) is 31.0 Å². The predicted octanol–water partition coefficient (Wildman–Crippen LogP) is 2.28. The van der Waals surface area contributed by atoms with Crippen molar-refractivity contribution in [2.45, 2.75) is 33.5 Å². The molecule has 0 saturated carbocycles. The van der Waals surface area contributed by atoms with Crippen LogP contribution in [0.1, 0.15) is 34.0 Å². The highest BCUT2D eigenvalue weighted by molar-refractivity contribution is 6.01. The lowest BCUT2D eigenvalue weighted by Gasteiger charge is -2.19. The summed E-state index contributed by atoms with van der Waals surface area (Å²) in [5.74, 6) is -0.488. The molecule has 0 amide bonds. The van der Waals surface area contributed by atoms with E-state index in [4.69, 9.17) is 5.73 Å². The van der Waals surface area contributed by atoms with Crippen LogP contribution in [0, 0.1) is 6.92 Å². The SMILES string of the molecule is CCn1c(=O)c(C(=O)CN(C)Cc2ccc(C)cc2)c(N)n(Cc2ccccc2)c1=O. The van der Waals surface area contributed by atoms with Crippen molar-refractivity contribution in [3.05, 3.63) is 97.7 Å². The van der Waals surface area contributed by atoms with Gasteiger partial charge in [0.15, 0.2) is 5.78 Å². The predicted molar refractivity (Wildman–Crippen MR) is 122 cm³/mol. The van der Waals surface area contributed by atoms with Crippen molar-refractivity contribution >= 4 is 11.6 Å². The molecule has 3 aromatic rings. The summed E-state index contributed by atoms with van der Waals surface area (Å²) in [6, 6.07) is 17.4. The molecule has 0 aliphatic rings. The summed E-state index contributed by atoms with van der Waals surface area (Å²) >= 11 is 0. The van der Waals surface area contributed by atoms with Crippen LogP contribution in [0.15, 0.2) is 64.2 Å². The molecule has 7 heteroatoms. The molecule has 0 aliphatic carbocycles. The Morgan fingerprint density at radius 3 is 2.23 bits per heavy atom. The van der Waals surface area contributed by atoms with Crippen molar-refractivity contribution in [3.63, 3.8) is 0 Å². The molecule has 1 aromatic heterocycles. The van der Waals surface area contributed by atoms with Crippen LogP contribution in [0.3, 0.4) is 0 Å². The first-order valence-electron chi connectivity index (χ1n) is 10.3. The van der Waals surface area contributed by atoms with E-state index < -0.39 is 17.0 Å². The Balaban J connectivity index is 1.92. The third-order valence-corrected chi connectivity index (χ3v) is 5.23. The Labute approximate surface area is 181 Å². The molecule has 0 fully saturated rings. The lowest BCUT2D eigenvalue weighted by Crippen LogP contribution is -2.45. The van der Waals surface area contributed by atoms with Gasteiger partial charge in [0.05, 0.1) is 13.1 Å². The molecule has 2 aromatic carbocycles. The molecule has 7 nitrogen and oxygen atoms in total. The minimum Gasteiger partial charge on any atom is -0.384 e. The summed E-state index contributed by atoms with van der Waals surface area (Å²) in [6.07, 6.45) is 0. The number of Topliss-reactive ketones (excluding diaryl/α,β-unsaturated/α-hetero) is 1. The van der Waals surface area contributed by atoms with E-state index in [1.807, 2.05) is 73.5 Å². The van der Waals surface area contributed by atoms with Crippen molar-refractivity contribution < 1.29 is 4.79 Å². The molecular formula is C24H28N4O3. The third-order valence-electron chi connectivity index (χ3n) is 5.23. The zero-order chi connectivity index (χ0) is 22.5. The number of nitrogens with zero attached hydrogens (tertiary/aromatic N) is 3. The van der Waals surface area contributed by atoms with Gasteiger partial charge < -0.3 is 5.73 Å². The monoisotopic (exact) mass is 420 g/mol. The van der Waals surface area contributed by atoms with Crippen LogP contribution in [-0.2, 0) is 19.6 Å². The Bertz CT molecular complexity index is 1180. The Hall–Kier alpha value is -3.45. The normalized spacial score (nSPS) is 11.1. The smallest absolute Gasteiger partial charge is 0.332 e. The van der Waals surface area contributed by atoms with Gasteiger partial charge in [-0.1, -0.05) is 60.2 Å². The quantitative estimate of drug-likeness (QED) is 0.565. The van der Waals surface area contributed by atoms with Gasteiger partial charge in [-0.25, -0.2) is 4.79 Å². The van der Waals surface area contributed by atoms with Gasteiger partial charge in [0.1, 0.15) is 11.4 Å². The van der Waals surface area contributed by atoms with E-state index >= 15 is 0 Å². The van der Waals surface area contributed by atoms with Gasteiger partial charge in [0.25, 0.3) is 5.56 Å². The van der Waals surface area contributed by atoms with E-state index in [0.717, 1.165) is 21.3 Å². The number of likely N-dealkylation sites (N-methyl/N-ethyl adjacent to an activating group) is 1. The molecule has 31 heavy (non-hydrogen) atoms. The summed E-state index contributed by atoms with van der Waals surface area (Å²) in [6.45, 7) is 4.63. The van der Waals surface area contributed by atoms with Gasteiger partial charge in [-0.3, -0.25) is 23.6 Å². The number of anilines is 1. The van der Waals surface area contributed by atoms with Gasteiger partial charge in [-0.15, -0.1) is 0 Å². The third kappa shape index (κ3) is 5.00. The van der Waals surface area contributed by atoms with Crippen molar-refractivity contribution in [1.29, 1.82) is 0 Å². The molecule has 3 rings (SSSR count). The number of aryl methyl sites for hydroxylation is 1. The summed E-state index contributed by atoms with van der Waals surface area (Å²) in [4.78, 5) is 40.6. The van der Waals surface area contributed by atoms with Gasteiger partial charge in [-0.05, 0) is 32.0 Å². The van der Waals surface area contributed by atoms with Crippen LogP contribution in [0.25, 0.3) is 0 Å². The van der Waals surface area contributed by atoms with Crippen molar-refractivity contribution in [2.24, 2.45) is 0 Å². The number of hydrogen-bond donors (Lipinski definition) is 1. The first kappa shape index (κ1) is 22.2. The van der Waals surface area contributed by atoms with E-state index in [2.05, 4.69) is 0 Å². The molecule has 2 N–H and O–H groups in total. The summed E-state index contributed by atoms with van der Waals surface area (Å²) in [5.41, 5.74) is 8.01. The number of benzene rings is 2. The van der Waals surface area contributed by atoms with E-state index in [1.54, 1.807) is 6.92 Å². The lowest BCUT2D eigenvalue weighted by atomic mass is 10.1. The second-order valence-corrected chi connectivity index (χ2v) is 7.75. The molecule has 0 saturated heterocycles. The maximum Gasteiger partial charge on any atom is 0.332 e. The summed E-state index contributed by atoms with van der Waals surface area (Å²) < 4.78 is 2.36. The fourth-order valence-electron chi connectivity index (χ4n) is 3.56. The molecule has 0 radical (unpaired) electrons. The number of nitrogens with two attached hydrogens (primary N) is 1. The molecule has 1 heterocycles. The van der Waals surface area contributed by atoms with Crippen LogP contribution < -0.4 is 17.0 Å². The molecule has 0 bridgehead atoms. The number of carbonyl (C=O) groups is 1. The van der Waals surface area contributed by atoms with Crippen LogP contribution >= 0.6 is 0 Å². The van der Waals surface area contributed by atoms with Crippen LogP contribution in [0.5, 0.6) is 0 Å². The number of rotatable bonds is 8. The fraction of sp³-hybridized carbons (Fsp3) is 0.292. The zero-order valence-corrected chi connectivity index (χ0v) is 18.2. The Morgan fingerprint density at radius 1 is 0.968 bits per heavy atom. The molecule has 0 unspecified atom stereocenters. The van der Waals surface area contributed by atoms with Gasteiger partial charge in [-0.2, -0.15) is 0 Å². The zero-order valence-electron chi connectivity index (χ0n) is 18.2. The number of carbonyl (C=O) groups excluding carboxylic acids is 1. The fourth-order valence-corrected chi connectivity index (χ4v) is 3.56. The molecule has 0 aliphatic heterocycles. The average molecular weight is 421 g/mol. The lowest BCUT2D eigenvalue weighted by molar-refractivity contribution is 0.0941. The number of aromatic nitrogens is 2. The van der Waals surface area contributed by atoms with Crippen LogP contribution in [-0.4, -0.2) is 33.4 Å². The highest BCUT2D eigenvalue weighted by Gasteiger charge is 2.23. The minimum atomic E-state index is -0.636. The number of ketones is 1. The second kappa shape index (κ2) is 9.57. The molecule has 162 valence electrons. The first-order chi connectivity index (χ1) is 14.8. The van der Waals surface area contributed by atoms with Crippen LogP contribution in [0.4, 0.5) is 5.82 Å². The highest BCUT2D eigenvalue weighted by Crippen LogP contribution is 2.11. The molecular weight excluding hydrogens is 392 g/mol. The summed E-state index contributed by atoms with van der Waals surface area (Å²) in [7, 11) is 1.81. The summed E-state index contributed by atoms with van der Waals surface area (Å²) in [5, 5.41) is 0. The van der Waals surface area contributed by atoms with Gasteiger partial charge in [0, 0.05) is 13.1 Å². The van der Waals surface area contributed by atoms with E-state index in [9.17, 15) is 14.4 Å². The van der Waals surface area contributed by atoms with Gasteiger partial charge in [0.2, 0.25) is 0 Å². The van der Waals surface area contributed by atoms with Crippen molar-refractivity contribution in [1.82, 2.24) is 14.0 Å². The topological polar surface area (TPSA) is 90.3 Å². The minimum absolute atomic E-state index is 0.0145.